The quantitative estimate of drug-likeness (QED) is 0.409. The maximum absolute atomic E-state index is 13.5. The molecule has 4 aromatic rings. The first kappa shape index (κ1) is 21.4. The van der Waals surface area contributed by atoms with E-state index in [4.69, 9.17) is 4.74 Å². The molecular weight excluding hydrogens is 455 g/mol. The summed E-state index contributed by atoms with van der Waals surface area (Å²) in [5, 5.41) is -0.739. The highest BCUT2D eigenvalue weighted by Gasteiger charge is 2.35. The van der Waals surface area contributed by atoms with Gasteiger partial charge in [-0.05, 0) is 30.7 Å². The van der Waals surface area contributed by atoms with Gasteiger partial charge in [-0.2, -0.15) is 13.2 Å². The van der Waals surface area contributed by atoms with Gasteiger partial charge in [0.15, 0.2) is 5.01 Å². The molecule has 0 aromatic carbocycles. The molecule has 7 nitrogen and oxygen atoms in total. The number of halogens is 3. The second-order valence-electron chi connectivity index (χ2n) is 7.37. The standard InChI is InChI=1S/C22H16F3N5O2S/c1-2-12-9-32-10-16(12)30-11-28-19-14(20(30)31)6-15(17-8-27-21(33-17)22(23,24)25)29-18(19)13-4-3-5-26-7-13/h2-8,11,16H,9-10H2,1H3/b12-2+/t16-/m0/s1. The normalized spacial score (nSPS) is 17.8. The molecule has 5 rings (SSSR count). The van der Waals surface area contributed by atoms with Gasteiger partial charge in [0.1, 0.15) is 5.52 Å². The lowest BCUT2D eigenvalue weighted by Crippen LogP contribution is -2.26. The van der Waals surface area contributed by atoms with Crippen molar-refractivity contribution in [3.05, 3.63) is 70.1 Å². The number of fused-ring (bicyclic) bond motifs is 1. The van der Waals surface area contributed by atoms with E-state index >= 15 is 0 Å². The minimum atomic E-state index is -4.56. The Morgan fingerprint density at radius 1 is 1.27 bits per heavy atom. The van der Waals surface area contributed by atoms with Gasteiger partial charge in [0.2, 0.25) is 0 Å². The summed E-state index contributed by atoms with van der Waals surface area (Å²) in [6, 6.07) is 4.64. The predicted molar refractivity (Wildman–Crippen MR) is 117 cm³/mol. The molecule has 0 saturated carbocycles. The number of hydrogen-bond donors (Lipinski definition) is 0. The Morgan fingerprint density at radius 2 is 2.12 bits per heavy atom. The number of thiazole rings is 1. The minimum absolute atomic E-state index is 0.197. The van der Waals surface area contributed by atoms with E-state index in [9.17, 15) is 18.0 Å². The lowest BCUT2D eigenvalue weighted by Gasteiger charge is -2.15. The van der Waals surface area contributed by atoms with E-state index in [1.54, 1.807) is 24.5 Å². The Balaban J connectivity index is 1.76. The van der Waals surface area contributed by atoms with Crippen molar-refractivity contribution in [3.8, 4) is 21.8 Å². The van der Waals surface area contributed by atoms with Crippen molar-refractivity contribution < 1.29 is 17.9 Å². The zero-order valence-electron chi connectivity index (χ0n) is 17.2. The number of hydrogen-bond acceptors (Lipinski definition) is 7. The Labute approximate surface area is 189 Å². The number of alkyl halides is 3. The first-order chi connectivity index (χ1) is 15.9. The fraction of sp³-hybridized carbons (Fsp3) is 0.227. The van der Waals surface area contributed by atoms with Gasteiger partial charge in [-0.1, -0.05) is 6.08 Å². The first-order valence-electron chi connectivity index (χ1n) is 9.95. The molecule has 0 bridgehead atoms. The fourth-order valence-electron chi connectivity index (χ4n) is 3.75. The van der Waals surface area contributed by atoms with Crippen molar-refractivity contribution >= 4 is 22.2 Å². The second-order valence-corrected chi connectivity index (χ2v) is 8.40. The van der Waals surface area contributed by atoms with Crippen molar-refractivity contribution in [3.63, 3.8) is 0 Å². The van der Waals surface area contributed by atoms with Crippen LogP contribution >= 0.6 is 11.3 Å². The van der Waals surface area contributed by atoms with E-state index in [-0.39, 0.29) is 27.6 Å². The van der Waals surface area contributed by atoms with E-state index in [1.807, 2.05) is 13.0 Å². The molecule has 1 aliphatic heterocycles. The molecule has 0 unspecified atom stereocenters. The number of pyridine rings is 2. The van der Waals surface area contributed by atoms with Gasteiger partial charge in [0.25, 0.3) is 5.56 Å². The topological polar surface area (TPSA) is 82.8 Å². The van der Waals surface area contributed by atoms with Gasteiger partial charge < -0.3 is 4.74 Å². The average Bonchev–Trinajstić information content (AvgIpc) is 3.49. The summed E-state index contributed by atoms with van der Waals surface area (Å²) in [7, 11) is 0. The van der Waals surface area contributed by atoms with Crippen LogP contribution in [0.5, 0.6) is 0 Å². The highest BCUT2D eigenvalue weighted by molar-refractivity contribution is 7.15. The summed E-state index contributed by atoms with van der Waals surface area (Å²) in [6.45, 7) is 2.64. The summed E-state index contributed by atoms with van der Waals surface area (Å²) in [5.74, 6) is 0. The highest BCUT2D eigenvalue weighted by atomic mass is 32.1. The predicted octanol–water partition coefficient (Wildman–Crippen LogP) is 4.51. The number of allylic oxidation sites excluding steroid dienone is 1. The van der Waals surface area contributed by atoms with E-state index in [2.05, 4.69) is 19.9 Å². The van der Waals surface area contributed by atoms with Gasteiger partial charge in [0.05, 0.1) is 47.2 Å². The highest BCUT2D eigenvalue weighted by Crippen LogP contribution is 2.37. The minimum Gasteiger partial charge on any atom is -0.375 e. The molecule has 1 aliphatic rings. The van der Waals surface area contributed by atoms with Crippen molar-refractivity contribution in [1.29, 1.82) is 0 Å². The molecule has 5 heterocycles. The Bertz CT molecular complexity index is 1430. The summed E-state index contributed by atoms with van der Waals surface area (Å²) in [4.78, 5) is 30.4. The van der Waals surface area contributed by atoms with Crippen LogP contribution in [0.15, 0.2) is 59.6 Å². The lowest BCUT2D eigenvalue weighted by atomic mass is 10.1. The molecule has 1 fully saturated rings. The Morgan fingerprint density at radius 3 is 2.82 bits per heavy atom. The number of aromatic nitrogens is 5. The van der Waals surface area contributed by atoms with Crippen LogP contribution in [0.25, 0.3) is 32.7 Å². The molecule has 33 heavy (non-hydrogen) atoms. The SMILES string of the molecule is C/C=C1\COC[C@@H]1n1cnc2c(-c3cccnc3)nc(-c3cnc(C(F)(F)F)s3)cc2c1=O. The Kier molecular flexibility index (Phi) is 5.29. The molecule has 1 atom stereocenters. The third-order valence-corrected chi connectivity index (χ3v) is 6.45. The van der Waals surface area contributed by atoms with Crippen molar-refractivity contribution in [2.45, 2.75) is 19.1 Å². The maximum atomic E-state index is 13.5. The zero-order valence-corrected chi connectivity index (χ0v) is 18.0. The van der Waals surface area contributed by atoms with Crippen molar-refractivity contribution in [2.75, 3.05) is 13.2 Å². The van der Waals surface area contributed by atoms with Gasteiger partial charge >= 0.3 is 6.18 Å². The molecule has 0 spiro atoms. The van der Waals surface area contributed by atoms with Crippen LogP contribution in [0.4, 0.5) is 13.2 Å². The van der Waals surface area contributed by atoms with Crippen LogP contribution in [-0.2, 0) is 10.9 Å². The summed E-state index contributed by atoms with van der Waals surface area (Å²) < 4.78 is 46.3. The molecule has 0 amide bonds. The fourth-order valence-corrected chi connectivity index (χ4v) is 4.49. The summed E-state index contributed by atoms with van der Waals surface area (Å²) >= 11 is 0.472. The van der Waals surface area contributed by atoms with Crippen LogP contribution in [0.1, 0.15) is 18.0 Å². The smallest absolute Gasteiger partial charge is 0.375 e. The molecule has 168 valence electrons. The Hall–Kier alpha value is -3.44. The van der Waals surface area contributed by atoms with Gasteiger partial charge in [0, 0.05) is 24.2 Å². The van der Waals surface area contributed by atoms with E-state index in [0.717, 1.165) is 11.8 Å². The second kappa shape index (κ2) is 8.16. The zero-order chi connectivity index (χ0) is 23.2. The molecule has 11 heteroatoms. The largest absolute Gasteiger partial charge is 0.443 e. The third-order valence-electron chi connectivity index (χ3n) is 5.38. The molecule has 0 N–H and O–H groups in total. The average molecular weight is 471 g/mol. The van der Waals surface area contributed by atoms with Gasteiger partial charge in [-0.3, -0.25) is 14.3 Å². The monoisotopic (exact) mass is 471 g/mol. The molecule has 0 radical (unpaired) electrons. The molecule has 1 saturated heterocycles. The lowest BCUT2D eigenvalue weighted by molar-refractivity contribution is -0.137. The van der Waals surface area contributed by atoms with Crippen LogP contribution in [0, 0.1) is 0 Å². The van der Waals surface area contributed by atoms with Gasteiger partial charge in [-0.15, -0.1) is 11.3 Å². The number of rotatable bonds is 3. The van der Waals surface area contributed by atoms with Gasteiger partial charge in [-0.25, -0.2) is 15.0 Å². The van der Waals surface area contributed by atoms with E-state index < -0.39 is 11.2 Å². The summed E-state index contributed by atoms with van der Waals surface area (Å²) in [5.41, 5.74) is 2.12. The van der Waals surface area contributed by atoms with Crippen LogP contribution in [0.3, 0.4) is 0 Å². The first-order valence-corrected chi connectivity index (χ1v) is 10.8. The van der Waals surface area contributed by atoms with Crippen molar-refractivity contribution in [1.82, 2.24) is 24.5 Å². The van der Waals surface area contributed by atoms with E-state index in [0.29, 0.717) is 41.3 Å². The van der Waals surface area contributed by atoms with E-state index in [1.165, 1.54) is 17.0 Å². The molecule has 4 aromatic heterocycles. The number of nitrogens with zero attached hydrogens (tertiary/aromatic N) is 5. The molecule has 0 aliphatic carbocycles. The number of ether oxygens (including phenoxy) is 1. The molecular formula is C22H16F3N5O2S. The van der Waals surface area contributed by atoms with Crippen molar-refractivity contribution in [2.24, 2.45) is 0 Å². The van der Waals surface area contributed by atoms with Crippen LogP contribution < -0.4 is 5.56 Å². The maximum Gasteiger partial charge on any atom is 0.443 e. The van der Waals surface area contributed by atoms with Crippen LogP contribution in [-0.4, -0.2) is 37.7 Å². The third kappa shape index (κ3) is 3.83. The van der Waals surface area contributed by atoms with Crippen LogP contribution in [0.2, 0.25) is 0 Å². The summed E-state index contributed by atoms with van der Waals surface area (Å²) in [6.07, 6.45) is 3.08.